The molecule has 0 saturated carbocycles. The molecule has 25 heavy (non-hydrogen) atoms. The van der Waals surface area contributed by atoms with Crippen LogP contribution in [0.1, 0.15) is 21.7 Å². The summed E-state index contributed by atoms with van der Waals surface area (Å²) in [6.45, 7) is 3.79. The van der Waals surface area contributed by atoms with E-state index in [2.05, 4.69) is 20.4 Å². The molecule has 6 heteroatoms. The SMILES string of the molecule is CNC(=O)c1cc2cnc3c(c(C)nn3-c3ccccc3)c2nc1C. The van der Waals surface area contributed by atoms with Crippen LogP contribution in [0, 0.1) is 13.8 Å². The zero-order chi connectivity index (χ0) is 17.6. The molecule has 3 heterocycles. The van der Waals surface area contributed by atoms with E-state index in [4.69, 9.17) is 0 Å². The fourth-order valence-corrected chi connectivity index (χ4v) is 3.08. The lowest BCUT2D eigenvalue weighted by Gasteiger charge is -2.07. The average molecular weight is 331 g/mol. The first-order valence-corrected chi connectivity index (χ1v) is 8.03. The average Bonchev–Trinajstić information content (AvgIpc) is 2.98. The monoisotopic (exact) mass is 331 g/mol. The molecule has 0 unspecified atom stereocenters. The number of fused-ring (bicyclic) bond motifs is 3. The number of carbonyl (C=O) groups excluding carboxylic acids is 1. The van der Waals surface area contributed by atoms with Crippen molar-refractivity contribution in [2.75, 3.05) is 7.05 Å². The molecular formula is C19H17N5O. The lowest BCUT2D eigenvalue weighted by Crippen LogP contribution is -2.19. The normalized spacial score (nSPS) is 11.2. The number of nitrogens with zero attached hydrogens (tertiary/aromatic N) is 4. The molecular weight excluding hydrogens is 314 g/mol. The van der Waals surface area contributed by atoms with Crippen molar-refractivity contribution in [3.05, 3.63) is 59.5 Å². The Morgan fingerprint density at radius 1 is 1.12 bits per heavy atom. The van der Waals surface area contributed by atoms with Gasteiger partial charge in [-0.3, -0.25) is 9.78 Å². The van der Waals surface area contributed by atoms with Crippen molar-refractivity contribution in [2.45, 2.75) is 13.8 Å². The fraction of sp³-hybridized carbons (Fsp3) is 0.158. The first kappa shape index (κ1) is 15.3. The van der Waals surface area contributed by atoms with E-state index in [1.807, 2.05) is 54.9 Å². The second-order valence-electron chi connectivity index (χ2n) is 5.93. The molecule has 1 amide bonds. The van der Waals surface area contributed by atoms with E-state index in [-0.39, 0.29) is 5.91 Å². The van der Waals surface area contributed by atoms with Crippen molar-refractivity contribution in [2.24, 2.45) is 0 Å². The Morgan fingerprint density at radius 3 is 2.60 bits per heavy atom. The Balaban J connectivity index is 2.03. The molecule has 0 bridgehead atoms. The molecule has 0 saturated heterocycles. The van der Waals surface area contributed by atoms with Crippen LogP contribution in [0.5, 0.6) is 0 Å². The summed E-state index contributed by atoms with van der Waals surface area (Å²) in [7, 11) is 1.61. The number of nitrogens with one attached hydrogen (secondary N) is 1. The molecule has 4 rings (SSSR count). The van der Waals surface area contributed by atoms with Crippen LogP contribution < -0.4 is 5.32 Å². The van der Waals surface area contributed by atoms with E-state index in [0.717, 1.165) is 33.3 Å². The predicted molar refractivity (Wildman–Crippen MR) is 97.0 cm³/mol. The second-order valence-corrected chi connectivity index (χ2v) is 5.93. The summed E-state index contributed by atoms with van der Waals surface area (Å²) < 4.78 is 1.83. The molecule has 1 aromatic carbocycles. The molecule has 1 N–H and O–H groups in total. The van der Waals surface area contributed by atoms with Crippen molar-refractivity contribution in [1.82, 2.24) is 25.1 Å². The van der Waals surface area contributed by atoms with Crippen LogP contribution in [0.3, 0.4) is 0 Å². The Bertz CT molecular complexity index is 1120. The van der Waals surface area contributed by atoms with Gasteiger partial charge in [0.1, 0.15) is 0 Å². The van der Waals surface area contributed by atoms with Crippen LogP contribution >= 0.6 is 0 Å². The number of amides is 1. The van der Waals surface area contributed by atoms with Crippen LogP contribution in [0.4, 0.5) is 0 Å². The Morgan fingerprint density at radius 2 is 1.88 bits per heavy atom. The van der Waals surface area contributed by atoms with Crippen LogP contribution in [-0.2, 0) is 0 Å². The van der Waals surface area contributed by atoms with Gasteiger partial charge >= 0.3 is 0 Å². The predicted octanol–water partition coefficient (Wildman–Crippen LogP) is 2.95. The van der Waals surface area contributed by atoms with Gasteiger partial charge < -0.3 is 5.32 Å². The standard InChI is InChI=1S/C19H17N5O/c1-11-15(19(25)20-3)9-13-10-21-18-16(17(13)22-11)12(2)23-24(18)14-7-5-4-6-8-14/h4-10H,1-3H3,(H,20,25). The van der Waals surface area contributed by atoms with E-state index >= 15 is 0 Å². The molecule has 0 spiro atoms. The first-order valence-electron chi connectivity index (χ1n) is 8.03. The van der Waals surface area contributed by atoms with Crippen LogP contribution in [-0.4, -0.2) is 32.7 Å². The molecule has 0 aliphatic heterocycles. The summed E-state index contributed by atoms with van der Waals surface area (Å²) in [5.74, 6) is -0.149. The van der Waals surface area contributed by atoms with Gasteiger partial charge in [0.2, 0.25) is 0 Å². The topological polar surface area (TPSA) is 72.7 Å². The number of hydrogen-bond donors (Lipinski definition) is 1. The molecule has 124 valence electrons. The highest BCUT2D eigenvalue weighted by molar-refractivity contribution is 6.06. The highest BCUT2D eigenvalue weighted by Crippen LogP contribution is 2.28. The minimum Gasteiger partial charge on any atom is -0.355 e. The van der Waals surface area contributed by atoms with Crippen LogP contribution in [0.15, 0.2) is 42.6 Å². The fourth-order valence-electron chi connectivity index (χ4n) is 3.08. The Kier molecular flexibility index (Phi) is 3.46. The van der Waals surface area contributed by atoms with E-state index in [0.29, 0.717) is 11.3 Å². The lowest BCUT2D eigenvalue weighted by atomic mass is 10.1. The number of pyridine rings is 2. The zero-order valence-electron chi connectivity index (χ0n) is 14.2. The van der Waals surface area contributed by atoms with Crippen molar-refractivity contribution in [1.29, 1.82) is 0 Å². The summed E-state index contributed by atoms with van der Waals surface area (Å²) in [5.41, 5.74) is 4.63. The Hall–Kier alpha value is -3.28. The van der Waals surface area contributed by atoms with Gasteiger partial charge in [-0.15, -0.1) is 0 Å². The summed E-state index contributed by atoms with van der Waals surface area (Å²) in [4.78, 5) is 21.3. The Labute approximate surface area is 144 Å². The third-order valence-electron chi connectivity index (χ3n) is 4.31. The molecule has 3 aromatic heterocycles. The summed E-state index contributed by atoms with van der Waals surface area (Å²) in [6.07, 6.45) is 1.75. The van der Waals surface area contributed by atoms with E-state index in [9.17, 15) is 4.79 Å². The van der Waals surface area contributed by atoms with Gasteiger partial charge in [-0.1, -0.05) is 18.2 Å². The largest absolute Gasteiger partial charge is 0.355 e. The molecule has 6 nitrogen and oxygen atoms in total. The minimum atomic E-state index is -0.149. The number of aromatic nitrogens is 4. The third kappa shape index (κ3) is 2.34. The molecule has 0 aliphatic carbocycles. The smallest absolute Gasteiger partial charge is 0.252 e. The minimum absolute atomic E-state index is 0.149. The maximum Gasteiger partial charge on any atom is 0.252 e. The van der Waals surface area contributed by atoms with Gasteiger partial charge in [-0.2, -0.15) is 5.10 Å². The van der Waals surface area contributed by atoms with Crippen LogP contribution in [0.25, 0.3) is 27.6 Å². The van der Waals surface area contributed by atoms with Gasteiger partial charge in [0.05, 0.1) is 33.5 Å². The van der Waals surface area contributed by atoms with Gasteiger partial charge in [0.25, 0.3) is 5.91 Å². The van der Waals surface area contributed by atoms with Gasteiger partial charge in [0.15, 0.2) is 5.65 Å². The maximum atomic E-state index is 12.0. The van der Waals surface area contributed by atoms with Crippen molar-refractivity contribution < 1.29 is 4.79 Å². The van der Waals surface area contributed by atoms with Gasteiger partial charge in [-0.05, 0) is 32.0 Å². The summed E-state index contributed by atoms with van der Waals surface area (Å²) in [5, 5.41) is 9.03. The van der Waals surface area contributed by atoms with Gasteiger partial charge in [0, 0.05) is 18.6 Å². The molecule has 0 radical (unpaired) electrons. The highest BCUT2D eigenvalue weighted by atomic mass is 16.1. The first-order chi connectivity index (χ1) is 12.1. The number of benzene rings is 1. The number of para-hydroxylation sites is 1. The maximum absolute atomic E-state index is 12.0. The molecule has 0 fully saturated rings. The van der Waals surface area contributed by atoms with E-state index in [1.165, 1.54) is 0 Å². The number of carbonyl (C=O) groups is 1. The van der Waals surface area contributed by atoms with Crippen molar-refractivity contribution in [3.63, 3.8) is 0 Å². The number of hydrogen-bond acceptors (Lipinski definition) is 4. The second kappa shape index (κ2) is 5.66. The van der Waals surface area contributed by atoms with Crippen LogP contribution in [0.2, 0.25) is 0 Å². The third-order valence-corrected chi connectivity index (χ3v) is 4.31. The van der Waals surface area contributed by atoms with E-state index < -0.39 is 0 Å². The quantitative estimate of drug-likeness (QED) is 0.613. The highest BCUT2D eigenvalue weighted by Gasteiger charge is 2.17. The van der Waals surface area contributed by atoms with Crippen molar-refractivity contribution >= 4 is 27.8 Å². The van der Waals surface area contributed by atoms with Gasteiger partial charge in [-0.25, -0.2) is 9.67 Å². The van der Waals surface area contributed by atoms with Crippen molar-refractivity contribution in [3.8, 4) is 5.69 Å². The zero-order valence-corrected chi connectivity index (χ0v) is 14.2. The summed E-state index contributed by atoms with van der Waals surface area (Å²) >= 11 is 0. The number of rotatable bonds is 2. The number of aryl methyl sites for hydroxylation is 2. The molecule has 4 aromatic rings. The van der Waals surface area contributed by atoms with E-state index in [1.54, 1.807) is 13.2 Å². The molecule has 0 aliphatic rings. The molecule has 0 atom stereocenters. The summed E-state index contributed by atoms with van der Waals surface area (Å²) in [6, 6.07) is 11.7. The lowest BCUT2D eigenvalue weighted by molar-refractivity contribution is 0.0962.